The van der Waals surface area contributed by atoms with Crippen LogP contribution in [0.3, 0.4) is 0 Å². The third kappa shape index (κ3) is 6.16. The molecule has 0 aromatic heterocycles. The highest BCUT2D eigenvalue weighted by molar-refractivity contribution is 5.99. The van der Waals surface area contributed by atoms with Crippen molar-refractivity contribution in [3.05, 3.63) is 59.4 Å². The van der Waals surface area contributed by atoms with E-state index in [2.05, 4.69) is 15.5 Å². The second kappa shape index (κ2) is 10.9. The van der Waals surface area contributed by atoms with Crippen molar-refractivity contribution in [1.82, 2.24) is 10.2 Å². The SMILES string of the molecule is CC(=O)Nc1cc(C(=O)NC2CCC(N)CC2)ccc1N1CCN(C(=O)c2ccc(F)cc2)CC1. The zero-order valence-corrected chi connectivity index (χ0v) is 19.9. The van der Waals surface area contributed by atoms with E-state index in [4.69, 9.17) is 5.73 Å². The first-order chi connectivity index (χ1) is 16.8. The molecule has 2 aromatic carbocycles. The molecule has 0 spiro atoms. The zero-order chi connectivity index (χ0) is 24.9. The van der Waals surface area contributed by atoms with Crippen LogP contribution in [0.4, 0.5) is 15.8 Å². The van der Waals surface area contributed by atoms with Crippen LogP contribution < -0.4 is 21.3 Å². The minimum atomic E-state index is -0.378. The Bertz CT molecular complexity index is 1070. The number of rotatable bonds is 5. The lowest BCUT2D eigenvalue weighted by Crippen LogP contribution is -2.49. The number of nitrogens with two attached hydrogens (primary N) is 1. The molecule has 3 amide bonds. The molecule has 4 rings (SSSR count). The molecule has 2 fully saturated rings. The molecule has 35 heavy (non-hydrogen) atoms. The Balaban J connectivity index is 1.43. The van der Waals surface area contributed by atoms with Gasteiger partial charge < -0.3 is 26.2 Å². The summed E-state index contributed by atoms with van der Waals surface area (Å²) in [5, 5.41) is 5.93. The van der Waals surface area contributed by atoms with Gasteiger partial charge in [0.2, 0.25) is 5.91 Å². The van der Waals surface area contributed by atoms with Crippen LogP contribution in [0.5, 0.6) is 0 Å². The molecule has 0 radical (unpaired) electrons. The fraction of sp³-hybridized carbons (Fsp3) is 0.423. The molecule has 0 unspecified atom stereocenters. The van der Waals surface area contributed by atoms with Gasteiger partial charge in [0.25, 0.3) is 11.8 Å². The highest BCUT2D eigenvalue weighted by Gasteiger charge is 2.25. The molecule has 1 heterocycles. The Morgan fingerprint density at radius 3 is 2.17 bits per heavy atom. The normalized spacial score (nSPS) is 20.3. The summed E-state index contributed by atoms with van der Waals surface area (Å²) in [6.07, 6.45) is 3.53. The minimum absolute atomic E-state index is 0.109. The van der Waals surface area contributed by atoms with E-state index >= 15 is 0 Å². The van der Waals surface area contributed by atoms with E-state index in [1.54, 1.807) is 17.0 Å². The minimum Gasteiger partial charge on any atom is -0.366 e. The maximum atomic E-state index is 13.2. The lowest BCUT2D eigenvalue weighted by molar-refractivity contribution is -0.114. The van der Waals surface area contributed by atoms with Gasteiger partial charge in [0.1, 0.15) is 5.82 Å². The third-order valence-corrected chi connectivity index (χ3v) is 6.68. The molecule has 2 aromatic rings. The van der Waals surface area contributed by atoms with E-state index in [0.29, 0.717) is 43.0 Å². The molecule has 186 valence electrons. The van der Waals surface area contributed by atoms with Crippen LogP contribution in [0.25, 0.3) is 0 Å². The monoisotopic (exact) mass is 481 g/mol. The predicted molar refractivity (Wildman–Crippen MR) is 133 cm³/mol. The van der Waals surface area contributed by atoms with Gasteiger partial charge in [0.15, 0.2) is 0 Å². The van der Waals surface area contributed by atoms with Crippen LogP contribution in [-0.4, -0.2) is 60.9 Å². The highest BCUT2D eigenvalue weighted by atomic mass is 19.1. The predicted octanol–water partition coefficient (Wildman–Crippen LogP) is 2.75. The first-order valence-electron chi connectivity index (χ1n) is 12.1. The van der Waals surface area contributed by atoms with E-state index in [1.165, 1.54) is 31.2 Å². The molecule has 4 N–H and O–H groups in total. The molecule has 8 nitrogen and oxygen atoms in total. The van der Waals surface area contributed by atoms with Crippen LogP contribution in [-0.2, 0) is 4.79 Å². The highest BCUT2D eigenvalue weighted by Crippen LogP contribution is 2.29. The lowest BCUT2D eigenvalue weighted by Gasteiger charge is -2.37. The number of amides is 3. The van der Waals surface area contributed by atoms with Gasteiger partial charge in [-0.1, -0.05) is 0 Å². The van der Waals surface area contributed by atoms with Crippen LogP contribution in [0.1, 0.15) is 53.3 Å². The lowest BCUT2D eigenvalue weighted by atomic mass is 9.91. The molecule has 1 aliphatic heterocycles. The first kappa shape index (κ1) is 24.7. The van der Waals surface area contributed by atoms with E-state index in [9.17, 15) is 18.8 Å². The average Bonchev–Trinajstić information content (AvgIpc) is 2.85. The molecule has 1 saturated heterocycles. The molecular weight excluding hydrogens is 449 g/mol. The summed E-state index contributed by atoms with van der Waals surface area (Å²) in [5.74, 6) is -0.909. The van der Waals surface area contributed by atoms with Crippen LogP contribution in [0.15, 0.2) is 42.5 Å². The average molecular weight is 482 g/mol. The maximum Gasteiger partial charge on any atom is 0.253 e. The summed E-state index contributed by atoms with van der Waals surface area (Å²) >= 11 is 0. The van der Waals surface area contributed by atoms with Gasteiger partial charge in [-0.3, -0.25) is 14.4 Å². The summed E-state index contributed by atoms with van der Waals surface area (Å²) in [4.78, 5) is 41.3. The second-order valence-corrected chi connectivity index (χ2v) is 9.28. The Morgan fingerprint density at radius 1 is 0.914 bits per heavy atom. The van der Waals surface area contributed by atoms with Gasteiger partial charge in [-0.25, -0.2) is 4.39 Å². The Kier molecular flexibility index (Phi) is 7.65. The van der Waals surface area contributed by atoms with Gasteiger partial charge in [-0.2, -0.15) is 0 Å². The van der Waals surface area contributed by atoms with Gasteiger partial charge in [-0.05, 0) is 68.1 Å². The van der Waals surface area contributed by atoms with Gasteiger partial charge in [0.05, 0.1) is 11.4 Å². The van der Waals surface area contributed by atoms with Crippen molar-refractivity contribution in [2.45, 2.75) is 44.7 Å². The standard InChI is InChI=1S/C26H32FN5O3/c1-17(33)29-23-16-19(25(34)30-22-9-7-21(28)8-10-22)4-11-24(23)31-12-14-32(15-13-31)26(35)18-2-5-20(27)6-3-18/h2-6,11,16,21-22H,7-10,12-15,28H2,1H3,(H,29,33)(H,30,34). The summed E-state index contributed by atoms with van der Waals surface area (Å²) in [6.45, 7) is 3.53. The molecule has 9 heteroatoms. The molecule has 0 atom stereocenters. The van der Waals surface area contributed by atoms with E-state index < -0.39 is 0 Å². The number of benzene rings is 2. The quantitative estimate of drug-likeness (QED) is 0.609. The number of nitrogens with one attached hydrogen (secondary N) is 2. The summed E-state index contributed by atoms with van der Waals surface area (Å²) in [6, 6.07) is 11.2. The molecule has 0 bridgehead atoms. The largest absolute Gasteiger partial charge is 0.366 e. The number of piperazine rings is 1. The van der Waals surface area contributed by atoms with Crippen LogP contribution in [0, 0.1) is 5.82 Å². The molecule has 1 saturated carbocycles. The summed E-state index contributed by atoms with van der Waals surface area (Å²) < 4.78 is 13.2. The van der Waals surface area contributed by atoms with Crippen LogP contribution in [0.2, 0.25) is 0 Å². The Labute approximate surface area is 204 Å². The summed E-state index contributed by atoms with van der Waals surface area (Å²) in [5.41, 5.74) is 8.26. The van der Waals surface area contributed by atoms with Crippen molar-refractivity contribution in [1.29, 1.82) is 0 Å². The van der Waals surface area contributed by atoms with Gasteiger partial charge in [-0.15, -0.1) is 0 Å². The van der Waals surface area contributed by atoms with E-state index in [1.807, 2.05) is 6.07 Å². The van der Waals surface area contributed by atoms with Crippen molar-refractivity contribution in [2.24, 2.45) is 5.73 Å². The van der Waals surface area contributed by atoms with Crippen molar-refractivity contribution < 1.29 is 18.8 Å². The molecule has 1 aliphatic carbocycles. The topological polar surface area (TPSA) is 108 Å². The number of anilines is 2. The number of carbonyl (C=O) groups excluding carboxylic acids is 3. The number of hydrogen-bond donors (Lipinski definition) is 3. The van der Waals surface area contributed by atoms with Gasteiger partial charge in [0, 0.05) is 56.3 Å². The number of halogens is 1. The van der Waals surface area contributed by atoms with Crippen molar-refractivity contribution in [2.75, 3.05) is 36.4 Å². The fourth-order valence-corrected chi connectivity index (χ4v) is 4.70. The molecular formula is C26H32FN5O3. The summed E-state index contributed by atoms with van der Waals surface area (Å²) in [7, 11) is 0. The van der Waals surface area contributed by atoms with E-state index in [0.717, 1.165) is 31.4 Å². The molecule has 2 aliphatic rings. The number of hydrogen-bond acceptors (Lipinski definition) is 5. The Hall–Kier alpha value is -3.46. The Morgan fingerprint density at radius 2 is 1.54 bits per heavy atom. The van der Waals surface area contributed by atoms with Crippen molar-refractivity contribution in [3.8, 4) is 0 Å². The number of carbonyl (C=O) groups is 3. The van der Waals surface area contributed by atoms with Crippen molar-refractivity contribution >= 4 is 29.1 Å². The maximum absolute atomic E-state index is 13.2. The van der Waals surface area contributed by atoms with Gasteiger partial charge >= 0.3 is 0 Å². The fourth-order valence-electron chi connectivity index (χ4n) is 4.70. The third-order valence-electron chi connectivity index (χ3n) is 6.68. The zero-order valence-electron chi connectivity index (χ0n) is 19.9. The second-order valence-electron chi connectivity index (χ2n) is 9.28. The van der Waals surface area contributed by atoms with E-state index in [-0.39, 0.29) is 35.6 Å². The number of nitrogens with zero attached hydrogens (tertiary/aromatic N) is 2. The van der Waals surface area contributed by atoms with Crippen molar-refractivity contribution in [3.63, 3.8) is 0 Å². The first-order valence-corrected chi connectivity index (χ1v) is 12.1. The van der Waals surface area contributed by atoms with Crippen LogP contribution >= 0.6 is 0 Å². The smallest absolute Gasteiger partial charge is 0.253 e.